The summed E-state index contributed by atoms with van der Waals surface area (Å²) < 4.78 is 13.5. The molecule has 2 rings (SSSR count). The molecule has 4 heteroatoms. The van der Waals surface area contributed by atoms with Crippen LogP contribution in [0.4, 0.5) is 10.1 Å². The van der Waals surface area contributed by atoms with E-state index >= 15 is 0 Å². The van der Waals surface area contributed by atoms with Crippen LogP contribution in [-0.4, -0.2) is 43.2 Å². The average molecular weight is 224 g/mol. The van der Waals surface area contributed by atoms with Gasteiger partial charge in [0.2, 0.25) is 0 Å². The third-order valence-electron chi connectivity index (χ3n) is 3.10. The lowest BCUT2D eigenvalue weighted by atomic mass is 10.1. The van der Waals surface area contributed by atoms with Crippen molar-refractivity contribution in [2.24, 2.45) is 0 Å². The molecule has 0 saturated carbocycles. The number of aliphatic hydroxyl groups is 1. The highest BCUT2D eigenvalue weighted by atomic mass is 19.1. The van der Waals surface area contributed by atoms with Gasteiger partial charge in [0, 0.05) is 37.4 Å². The van der Waals surface area contributed by atoms with E-state index < -0.39 is 0 Å². The van der Waals surface area contributed by atoms with Gasteiger partial charge in [-0.05, 0) is 19.2 Å². The molecule has 0 unspecified atom stereocenters. The number of halogens is 1. The Morgan fingerprint density at radius 1 is 1.25 bits per heavy atom. The maximum atomic E-state index is 13.5. The van der Waals surface area contributed by atoms with Crippen LogP contribution in [-0.2, 0) is 6.61 Å². The lowest BCUT2D eigenvalue weighted by molar-refractivity contribution is 0.274. The predicted molar refractivity (Wildman–Crippen MR) is 62.0 cm³/mol. The molecular weight excluding hydrogens is 207 g/mol. The van der Waals surface area contributed by atoms with Crippen LogP contribution < -0.4 is 4.90 Å². The number of piperazine rings is 1. The van der Waals surface area contributed by atoms with Crippen molar-refractivity contribution in [3.63, 3.8) is 0 Å². The van der Waals surface area contributed by atoms with E-state index in [4.69, 9.17) is 0 Å². The summed E-state index contributed by atoms with van der Waals surface area (Å²) in [5.41, 5.74) is 1.24. The van der Waals surface area contributed by atoms with Crippen molar-refractivity contribution < 1.29 is 9.50 Å². The van der Waals surface area contributed by atoms with E-state index in [2.05, 4.69) is 16.8 Å². The van der Waals surface area contributed by atoms with Crippen molar-refractivity contribution in [3.8, 4) is 0 Å². The van der Waals surface area contributed by atoms with E-state index in [1.165, 1.54) is 6.07 Å². The fourth-order valence-corrected chi connectivity index (χ4v) is 2.05. The minimum atomic E-state index is -0.320. The van der Waals surface area contributed by atoms with Gasteiger partial charge in [0.1, 0.15) is 5.82 Å². The number of likely N-dealkylation sites (N-methyl/N-ethyl adjacent to an activating group) is 1. The first-order valence-corrected chi connectivity index (χ1v) is 5.54. The average Bonchev–Trinajstić information content (AvgIpc) is 2.30. The zero-order valence-corrected chi connectivity index (χ0v) is 9.49. The Labute approximate surface area is 95.1 Å². The summed E-state index contributed by atoms with van der Waals surface area (Å²) in [4.78, 5) is 4.38. The fraction of sp³-hybridized carbons (Fsp3) is 0.500. The highest BCUT2D eigenvalue weighted by Gasteiger charge is 2.18. The van der Waals surface area contributed by atoms with Crippen LogP contribution >= 0.6 is 0 Å². The second-order valence-corrected chi connectivity index (χ2v) is 4.19. The Hall–Kier alpha value is -1.13. The lowest BCUT2D eigenvalue weighted by Crippen LogP contribution is -2.44. The molecule has 0 aromatic heterocycles. The van der Waals surface area contributed by atoms with Crippen LogP contribution in [0.1, 0.15) is 5.56 Å². The summed E-state index contributed by atoms with van der Waals surface area (Å²) in [6.07, 6.45) is 0. The largest absolute Gasteiger partial charge is 0.391 e. The molecule has 16 heavy (non-hydrogen) atoms. The minimum Gasteiger partial charge on any atom is -0.391 e. The van der Waals surface area contributed by atoms with Crippen molar-refractivity contribution in [2.75, 3.05) is 38.1 Å². The maximum absolute atomic E-state index is 13.5. The van der Waals surface area contributed by atoms with Crippen molar-refractivity contribution in [1.29, 1.82) is 0 Å². The monoisotopic (exact) mass is 224 g/mol. The van der Waals surface area contributed by atoms with Crippen molar-refractivity contribution >= 4 is 5.69 Å². The van der Waals surface area contributed by atoms with Crippen LogP contribution in [0.2, 0.25) is 0 Å². The molecule has 1 aliphatic heterocycles. The molecule has 0 spiro atoms. The number of aliphatic hydroxyl groups excluding tert-OH is 1. The molecule has 1 aliphatic rings. The zero-order chi connectivity index (χ0) is 11.5. The van der Waals surface area contributed by atoms with Gasteiger partial charge in [-0.1, -0.05) is 6.07 Å². The highest BCUT2D eigenvalue weighted by molar-refractivity contribution is 5.54. The topological polar surface area (TPSA) is 26.7 Å². The molecule has 0 aliphatic carbocycles. The van der Waals surface area contributed by atoms with Gasteiger partial charge in [0.05, 0.1) is 6.61 Å². The number of hydrogen-bond donors (Lipinski definition) is 1. The van der Waals surface area contributed by atoms with E-state index in [0.717, 1.165) is 31.9 Å². The molecular formula is C12H17FN2O. The fourth-order valence-electron chi connectivity index (χ4n) is 2.05. The maximum Gasteiger partial charge on any atom is 0.130 e. The molecule has 1 saturated heterocycles. The van der Waals surface area contributed by atoms with Gasteiger partial charge in [-0.3, -0.25) is 0 Å². The first-order chi connectivity index (χ1) is 7.72. The second-order valence-electron chi connectivity index (χ2n) is 4.19. The zero-order valence-electron chi connectivity index (χ0n) is 9.49. The van der Waals surface area contributed by atoms with Gasteiger partial charge in [-0.15, -0.1) is 0 Å². The molecule has 0 amide bonds. The Balaban J connectivity index is 2.23. The predicted octanol–water partition coefficient (Wildman–Crippen LogP) is 1.07. The first kappa shape index (κ1) is 11.4. The molecule has 0 bridgehead atoms. The van der Waals surface area contributed by atoms with Gasteiger partial charge in [0.15, 0.2) is 0 Å². The Morgan fingerprint density at radius 2 is 1.94 bits per heavy atom. The van der Waals surface area contributed by atoms with Crippen LogP contribution in [0.15, 0.2) is 18.2 Å². The lowest BCUT2D eigenvalue weighted by Gasteiger charge is -2.35. The van der Waals surface area contributed by atoms with E-state index in [-0.39, 0.29) is 12.4 Å². The molecule has 0 radical (unpaired) electrons. The van der Waals surface area contributed by atoms with Crippen LogP contribution in [0.25, 0.3) is 0 Å². The number of hydrogen-bond acceptors (Lipinski definition) is 3. The van der Waals surface area contributed by atoms with E-state index in [1.807, 2.05) is 6.07 Å². The molecule has 1 aromatic carbocycles. The van der Waals surface area contributed by atoms with E-state index in [1.54, 1.807) is 6.07 Å². The second kappa shape index (κ2) is 4.80. The quantitative estimate of drug-likeness (QED) is 0.814. The molecule has 1 heterocycles. The number of benzene rings is 1. The summed E-state index contributed by atoms with van der Waals surface area (Å²) in [6.45, 7) is 3.47. The standard InChI is InChI=1S/C12H17FN2O/c1-14-5-7-15(8-6-14)12-4-2-3-11(13)10(12)9-16/h2-4,16H,5-9H2,1H3. The molecule has 1 N–H and O–H groups in total. The van der Waals surface area contributed by atoms with Crippen LogP contribution in [0.3, 0.4) is 0 Å². The summed E-state index contributed by atoms with van der Waals surface area (Å²) in [5, 5.41) is 9.20. The summed E-state index contributed by atoms with van der Waals surface area (Å²) in [5.74, 6) is -0.320. The molecule has 1 aromatic rings. The van der Waals surface area contributed by atoms with Gasteiger partial charge in [0.25, 0.3) is 0 Å². The van der Waals surface area contributed by atoms with E-state index in [9.17, 15) is 9.50 Å². The smallest absolute Gasteiger partial charge is 0.130 e. The summed E-state index contributed by atoms with van der Waals surface area (Å²) in [7, 11) is 2.08. The van der Waals surface area contributed by atoms with E-state index in [0.29, 0.717) is 5.56 Å². The van der Waals surface area contributed by atoms with Gasteiger partial charge in [-0.25, -0.2) is 4.39 Å². The van der Waals surface area contributed by atoms with Gasteiger partial charge >= 0.3 is 0 Å². The first-order valence-electron chi connectivity index (χ1n) is 5.54. The molecule has 1 fully saturated rings. The van der Waals surface area contributed by atoms with Gasteiger partial charge in [-0.2, -0.15) is 0 Å². The molecule has 88 valence electrons. The van der Waals surface area contributed by atoms with Crippen molar-refractivity contribution in [2.45, 2.75) is 6.61 Å². The van der Waals surface area contributed by atoms with Gasteiger partial charge < -0.3 is 14.9 Å². The summed E-state index contributed by atoms with van der Waals surface area (Å²) in [6, 6.07) is 4.97. The minimum absolute atomic E-state index is 0.242. The van der Waals surface area contributed by atoms with Crippen LogP contribution in [0.5, 0.6) is 0 Å². The van der Waals surface area contributed by atoms with Crippen molar-refractivity contribution in [1.82, 2.24) is 4.90 Å². The molecule has 3 nitrogen and oxygen atoms in total. The third kappa shape index (κ3) is 2.18. The molecule has 0 atom stereocenters. The Bertz CT molecular complexity index is 362. The number of anilines is 1. The number of rotatable bonds is 2. The normalized spacial score (nSPS) is 17.8. The van der Waals surface area contributed by atoms with Crippen LogP contribution in [0, 0.1) is 5.82 Å². The summed E-state index contributed by atoms with van der Waals surface area (Å²) >= 11 is 0. The SMILES string of the molecule is CN1CCN(c2cccc(F)c2CO)CC1. The number of nitrogens with zero attached hydrogens (tertiary/aromatic N) is 2. The third-order valence-corrected chi connectivity index (χ3v) is 3.10. The van der Waals surface area contributed by atoms with Crippen molar-refractivity contribution in [3.05, 3.63) is 29.6 Å². The highest BCUT2D eigenvalue weighted by Crippen LogP contribution is 2.24. The Morgan fingerprint density at radius 3 is 2.56 bits per heavy atom. The Kier molecular flexibility index (Phi) is 3.41.